The van der Waals surface area contributed by atoms with Gasteiger partial charge in [0, 0.05) is 0 Å². The topological polar surface area (TPSA) is 27.7 Å². The minimum Gasteiger partial charge on any atom is -0.483 e. The maximum absolute atomic E-state index is 13.6. The minimum absolute atomic E-state index is 0.0709. The fourth-order valence-electron chi connectivity index (χ4n) is 2.53. The smallest absolute Gasteiger partial charge is 0.483 e. The molecule has 1 saturated heterocycles. The first-order valence-electron chi connectivity index (χ1n) is 8.21. The summed E-state index contributed by atoms with van der Waals surface area (Å²) in [7, 11) is -0.441. The third-order valence-corrected chi connectivity index (χ3v) is 4.81. The van der Waals surface area contributed by atoms with E-state index in [4.69, 9.17) is 14.0 Å². The second-order valence-corrected chi connectivity index (χ2v) is 7.17. The van der Waals surface area contributed by atoms with Crippen molar-refractivity contribution >= 4 is 12.6 Å². The van der Waals surface area contributed by atoms with E-state index in [1.165, 1.54) is 18.2 Å². The van der Waals surface area contributed by atoms with E-state index in [-0.39, 0.29) is 12.4 Å². The molecule has 3 rings (SSSR count). The predicted molar refractivity (Wildman–Crippen MR) is 92.8 cm³/mol. The number of halogens is 2. The highest BCUT2D eigenvalue weighted by Crippen LogP contribution is 2.36. The Bertz CT molecular complexity index is 724. The molecular formula is C19H21BF2O3. The molecule has 1 heterocycles. The standard InChI is InChI=1S/C19H21BF2O3/c1-18(2)19(3,4)25-20(24-18)14-10-8-13(9-11-14)12-23-17-15(21)6-5-7-16(17)22/h5-11H,12H2,1-4H3. The Morgan fingerprint density at radius 1 is 0.880 bits per heavy atom. The third kappa shape index (κ3) is 3.55. The van der Waals surface area contributed by atoms with Gasteiger partial charge in [0.2, 0.25) is 0 Å². The Hall–Kier alpha value is -1.92. The molecule has 25 heavy (non-hydrogen) atoms. The summed E-state index contributed by atoms with van der Waals surface area (Å²) in [5.74, 6) is -1.79. The van der Waals surface area contributed by atoms with Crippen LogP contribution in [0.4, 0.5) is 8.78 Å². The van der Waals surface area contributed by atoms with E-state index in [1.807, 2.05) is 52.0 Å². The van der Waals surface area contributed by atoms with Crippen LogP contribution in [0.1, 0.15) is 33.3 Å². The number of rotatable bonds is 4. The van der Waals surface area contributed by atoms with Crippen molar-refractivity contribution in [1.29, 1.82) is 0 Å². The molecule has 0 aromatic heterocycles. The molecule has 0 atom stereocenters. The summed E-state index contributed by atoms with van der Waals surface area (Å²) >= 11 is 0. The fraction of sp³-hybridized carbons (Fsp3) is 0.368. The maximum Gasteiger partial charge on any atom is 0.494 e. The van der Waals surface area contributed by atoms with Gasteiger partial charge in [0.15, 0.2) is 17.4 Å². The number of hydrogen-bond donors (Lipinski definition) is 0. The molecule has 0 bridgehead atoms. The first kappa shape index (κ1) is 17.9. The van der Waals surface area contributed by atoms with E-state index < -0.39 is 30.0 Å². The van der Waals surface area contributed by atoms with Gasteiger partial charge in [-0.15, -0.1) is 0 Å². The molecule has 6 heteroatoms. The van der Waals surface area contributed by atoms with Crippen LogP contribution < -0.4 is 10.2 Å². The second-order valence-electron chi connectivity index (χ2n) is 7.17. The highest BCUT2D eigenvalue weighted by atomic mass is 19.1. The maximum atomic E-state index is 13.6. The zero-order chi connectivity index (χ0) is 18.2. The van der Waals surface area contributed by atoms with Gasteiger partial charge in [-0.05, 0) is 50.9 Å². The van der Waals surface area contributed by atoms with E-state index in [9.17, 15) is 8.78 Å². The fourth-order valence-corrected chi connectivity index (χ4v) is 2.53. The van der Waals surface area contributed by atoms with E-state index in [1.54, 1.807) is 0 Å². The summed E-state index contributed by atoms with van der Waals surface area (Å²) in [5.41, 5.74) is 0.881. The molecule has 132 valence electrons. The first-order chi connectivity index (χ1) is 11.7. The van der Waals surface area contributed by atoms with Crippen molar-refractivity contribution in [1.82, 2.24) is 0 Å². The monoisotopic (exact) mass is 346 g/mol. The van der Waals surface area contributed by atoms with Gasteiger partial charge in [0.25, 0.3) is 0 Å². The van der Waals surface area contributed by atoms with Gasteiger partial charge in [-0.1, -0.05) is 30.3 Å². The molecular weight excluding hydrogens is 325 g/mol. The highest BCUT2D eigenvalue weighted by molar-refractivity contribution is 6.62. The Kier molecular flexibility index (Phi) is 4.60. The van der Waals surface area contributed by atoms with Crippen molar-refractivity contribution in [3.63, 3.8) is 0 Å². The van der Waals surface area contributed by atoms with Crippen LogP contribution in [0.2, 0.25) is 0 Å². The normalized spacial score (nSPS) is 18.4. The lowest BCUT2D eigenvalue weighted by molar-refractivity contribution is 0.00578. The van der Waals surface area contributed by atoms with Gasteiger partial charge in [-0.25, -0.2) is 8.78 Å². The van der Waals surface area contributed by atoms with Crippen molar-refractivity contribution in [3.05, 3.63) is 59.7 Å². The molecule has 2 aromatic rings. The summed E-state index contributed by atoms with van der Waals surface area (Å²) < 4.78 is 44.4. The van der Waals surface area contributed by atoms with Gasteiger partial charge in [-0.3, -0.25) is 0 Å². The molecule has 1 fully saturated rings. The Morgan fingerprint density at radius 3 is 1.92 bits per heavy atom. The first-order valence-corrected chi connectivity index (χ1v) is 8.21. The van der Waals surface area contributed by atoms with Gasteiger partial charge >= 0.3 is 7.12 Å². The van der Waals surface area contributed by atoms with Crippen LogP contribution in [-0.4, -0.2) is 18.3 Å². The van der Waals surface area contributed by atoms with Gasteiger partial charge in [0.1, 0.15) is 6.61 Å². The summed E-state index contributed by atoms with van der Waals surface area (Å²) in [6, 6.07) is 11.0. The van der Waals surface area contributed by atoms with Crippen LogP contribution in [0.15, 0.2) is 42.5 Å². The summed E-state index contributed by atoms with van der Waals surface area (Å²) in [6.07, 6.45) is 0. The van der Waals surface area contributed by atoms with Crippen molar-refractivity contribution in [2.75, 3.05) is 0 Å². The average Bonchev–Trinajstić information content (AvgIpc) is 2.75. The van der Waals surface area contributed by atoms with Crippen LogP contribution in [0.5, 0.6) is 5.75 Å². The van der Waals surface area contributed by atoms with E-state index in [0.29, 0.717) is 0 Å². The van der Waals surface area contributed by atoms with E-state index in [0.717, 1.165) is 11.0 Å². The zero-order valence-corrected chi connectivity index (χ0v) is 14.8. The summed E-state index contributed by atoms with van der Waals surface area (Å²) in [5, 5.41) is 0. The van der Waals surface area contributed by atoms with E-state index >= 15 is 0 Å². The van der Waals surface area contributed by atoms with Crippen molar-refractivity contribution in [3.8, 4) is 5.75 Å². The van der Waals surface area contributed by atoms with Gasteiger partial charge in [0.05, 0.1) is 11.2 Å². The Labute approximate surface area is 147 Å². The van der Waals surface area contributed by atoms with Crippen LogP contribution >= 0.6 is 0 Å². The minimum atomic E-state index is -0.714. The van der Waals surface area contributed by atoms with Crippen LogP contribution in [0.3, 0.4) is 0 Å². The van der Waals surface area contributed by atoms with Gasteiger partial charge < -0.3 is 14.0 Å². The van der Waals surface area contributed by atoms with Crippen LogP contribution in [0.25, 0.3) is 0 Å². The van der Waals surface area contributed by atoms with Crippen molar-refractivity contribution < 1.29 is 22.8 Å². The molecule has 0 radical (unpaired) electrons. The molecule has 2 aromatic carbocycles. The van der Waals surface area contributed by atoms with Crippen molar-refractivity contribution in [2.24, 2.45) is 0 Å². The number of ether oxygens (including phenoxy) is 1. The molecule has 0 aliphatic carbocycles. The quantitative estimate of drug-likeness (QED) is 0.788. The lowest BCUT2D eigenvalue weighted by Gasteiger charge is -2.32. The molecule has 1 aliphatic rings. The SMILES string of the molecule is CC1(C)OB(c2ccc(COc3c(F)cccc3F)cc2)OC1(C)C. The van der Waals surface area contributed by atoms with Crippen LogP contribution in [0, 0.1) is 11.6 Å². The molecule has 1 aliphatic heterocycles. The zero-order valence-electron chi connectivity index (χ0n) is 14.8. The highest BCUT2D eigenvalue weighted by Gasteiger charge is 2.51. The van der Waals surface area contributed by atoms with Crippen molar-refractivity contribution in [2.45, 2.75) is 45.5 Å². The Morgan fingerprint density at radius 2 is 1.40 bits per heavy atom. The second kappa shape index (κ2) is 6.43. The molecule has 3 nitrogen and oxygen atoms in total. The molecule has 0 saturated carbocycles. The lowest BCUT2D eigenvalue weighted by Crippen LogP contribution is -2.41. The molecule has 0 unspecified atom stereocenters. The summed E-state index contributed by atoms with van der Waals surface area (Å²) in [6.45, 7) is 8.06. The molecule has 0 amide bonds. The summed E-state index contributed by atoms with van der Waals surface area (Å²) in [4.78, 5) is 0. The van der Waals surface area contributed by atoms with Crippen LogP contribution in [-0.2, 0) is 15.9 Å². The van der Waals surface area contributed by atoms with Gasteiger partial charge in [-0.2, -0.15) is 0 Å². The third-order valence-electron chi connectivity index (χ3n) is 4.81. The largest absolute Gasteiger partial charge is 0.494 e. The lowest BCUT2D eigenvalue weighted by atomic mass is 9.79. The molecule has 0 spiro atoms. The number of benzene rings is 2. The Balaban J connectivity index is 1.67. The number of para-hydroxylation sites is 1. The van der Waals surface area contributed by atoms with E-state index in [2.05, 4.69) is 0 Å². The predicted octanol–water partition coefficient (Wildman–Crippen LogP) is 3.84. The molecule has 0 N–H and O–H groups in total. The number of hydrogen-bond acceptors (Lipinski definition) is 3. The average molecular weight is 346 g/mol.